The molecule has 0 saturated carbocycles. The molecule has 2 unspecified atom stereocenters. The minimum absolute atomic E-state index is 0.228. The monoisotopic (exact) mass is 238 g/mol. The van der Waals surface area contributed by atoms with Gasteiger partial charge in [-0.1, -0.05) is 17.7 Å². The average Bonchev–Trinajstić information content (AvgIpc) is 2.57. The first-order chi connectivity index (χ1) is 7.63. The van der Waals surface area contributed by atoms with Gasteiger partial charge in [-0.2, -0.15) is 0 Å². The molecular formula is C13H19ClN2. The zero-order valence-corrected chi connectivity index (χ0v) is 10.7. The number of rotatable bonds is 3. The molecule has 2 atom stereocenters. The molecule has 16 heavy (non-hydrogen) atoms. The first kappa shape index (κ1) is 11.7. The maximum absolute atomic E-state index is 6.30. The van der Waals surface area contributed by atoms with Gasteiger partial charge >= 0.3 is 0 Å². The summed E-state index contributed by atoms with van der Waals surface area (Å²) in [7, 11) is 0. The van der Waals surface area contributed by atoms with Gasteiger partial charge in [-0.25, -0.2) is 0 Å². The smallest absolute Gasteiger partial charge is 0.0462 e. The summed E-state index contributed by atoms with van der Waals surface area (Å²) in [6.07, 6.45) is 1.01. The van der Waals surface area contributed by atoms with Crippen molar-refractivity contribution in [1.29, 1.82) is 0 Å². The summed E-state index contributed by atoms with van der Waals surface area (Å²) >= 11 is 6.30. The Morgan fingerprint density at radius 1 is 1.56 bits per heavy atom. The maximum Gasteiger partial charge on any atom is 0.0462 e. The Morgan fingerprint density at radius 2 is 2.31 bits per heavy atom. The van der Waals surface area contributed by atoms with Crippen LogP contribution in [0.15, 0.2) is 18.2 Å². The van der Waals surface area contributed by atoms with Crippen molar-refractivity contribution in [3.05, 3.63) is 28.8 Å². The van der Waals surface area contributed by atoms with E-state index in [0.717, 1.165) is 24.5 Å². The van der Waals surface area contributed by atoms with Gasteiger partial charge in [-0.05, 0) is 38.0 Å². The minimum atomic E-state index is 0.228. The van der Waals surface area contributed by atoms with Crippen molar-refractivity contribution in [2.75, 3.05) is 18.0 Å². The lowest BCUT2D eigenvalue weighted by Crippen LogP contribution is -2.24. The number of nitrogens with zero attached hydrogens (tertiary/aromatic N) is 1. The Kier molecular flexibility index (Phi) is 3.41. The van der Waals surface area contributed by atoms with Gasteiger partial charge in [-0.15, -0.1) is 0 Å². The highest BCUT2D eigenvalue weighted by Crippen LogP contribution is 2.42. The van der Waals surface area contributed by atoms with E-state index in [4.69, 9.17) is 17.3 Å². The Hall–Kier alpha value is -0.730. The fourth-order valence-corrected chi connectivity index (χ4v) is 2.93. The second-order valence-electron chi connectivity index (χ2n) is 4.62. The van der Waals surface area contributed by atoms with Crippen LogP contribution in [0.2, 0.25) is 5.02 Å². The summed E-state index contributed by atoms with van der Waals surface area (Å²) in [5, 5.41) is 0.888. The molecule has 1 aromatic carbocycles. The molecule has 1 aliphatic rings. The lowest BCUT2D eigenvalue weighted by atomic mass is 9.95. The average molecular weight is 239 g/mol. The SMILES string of the molecule is CCN1CC(CC(C)N)c2c(Cl)cccc21. The van der Waals surface area contributed by atoms with Crippen molar-refractivity contribution in [2.45, 2.75) is 32.2 Å². The molecule has 0 aromatic heterocycles. The van der Waals surface area contributed by atoms with Crippen molar-refractivity contribution in [2.24, 2.45) is 5.73 Å². The number of hydrogen-bond donors (Lipinski definition) is 1. The highest BCUT2D eigenvalue weighted by molar-refractivity contribution is 6.32. The molecule has 88 valence electrons. The van der Waals surface area contributed by atoms with E-state index in [-0.39, 0.29) is 6.04 Å². The highest BCUT2D eigenvalue weighted by atomic mass is 35.5. The molecule has 0 amide bonds. The fraction of sp³-hybridized carbons (Fsp3) is 0.538. The predicted molar refractivity (Wildman–Crippen MR) is 70.3 cm³/mol. The van der Waals surface area contributed by atoms with Crippen molar-refractivity contribution in [3.63, 3.8) is 0 Å². The van der Waals surface area contributed by atoms with Crippen LogP contribution in [0, 0.1) is 0 Å². The van der Waals surface area contributed by atoms with Gasteiger partial charge in [0.1, 0.15) is 0 Å². The number of anilines is 1. The molecule has 0 bridgehead atoms. The number of halogens is 1. The Bertz CT molecular complexity index is 376. The number of fused-ring (bicyclic) bond motifs is 1. The van der Waals surface area contributed by atoms with Crippen LogP contribution in [-0.4, -0.2) is 19.1 Å². The van der Waals surface area contributed by atoms with E-state index in [9.17, 15) is 0 Å². The lowest BCUT2D eigenvalue weighted by Gasteiger charge is -2.17. The van der Waals surface area contributed by atoms with Crippen LogP contribution in [0.4, 0.5) is 5.69 Å². The van der Waals surface area contributed by atoms with E-state index in [1.807, 2.05) is 12.1 Å². The number of nitrogens with two attached hydrogens (primary N) is 1. The third-order valence-corrected chi connectivity index (χ3v) is 3.59. The molecule has 0 fully saturated rings. The summed E-state index contributed by atoms with van der Waals surface area (Å²) < 4.78 is 0. The topological polar surface area (TPSA) is 29.3 Å². The molecule has 1 aliphatic heterocycles. The van der Waals surface area contributed by atoms with E-state index >= 15 is 0 Å². The van der Waals surface area contributed by atoms with E-state index in [1.54, 1.807) is 0 Å². The fourth-order valence-electron chi connectivity index (χ4n) is 2.60. The van der Waals surface area contributed by atoms with Crippen molar-refractivity contribution in [1.82, 2.24) is 0 Å². The van der Waals surface area contributed by atoms with E-state index in [0.29, 0.717) is 5.92 Å². The zero-order chi connectivity index (χ0) is 11.7. The number of benzene rings is 1. The summed E-state index contributed by atoms with van der Waals surface area (Å²) in [5.74, 6) is 0.489. The molecule has 2 rings (SSSR count). The molecule has 0 saturated heterocycles. The third kappa shape index (κ3) is 2.04. The van der Waals surface area contributed by atoms with Crippen LogP contribution in [0.5, 0.6) is 0 Å². The zero-order valence-electron chi connectivity index (χ0n) is 9.91. The molecule has 2 N–H and O–H groups in total. The maximum atomic E-state index is 6.30. The summed E-state index contributed by atoms with van der Waals surface area (Å²) in [5.41, 5.74) is 8.49. The second-order valence-corrected chi connectivity index (χ2v) is 5.03. The normalized spacial score (nSPS) is 21.0. The van der Waals surface area contributed by atoms with Gasteiger partial charge in [0.15, 0.2) is 0 Å². The standard InChI is InChI=1S/C13H19ClN2/c1-3-16-8-10(7-9(2)15)13-11(14)5-4-6-12(13)16/h4-6,9-10H,3,7-8,15H2,1-2H3. The summed E-state index contributed by atoms with van der Waals surface area (Å²) in [4.78, 5) is 2.38. The van der Waals surface area contributed by atoms with Crippen LogP contribution in [0.3, 0.4) is 0 Å². The lowest BCUT2D eigenvalue weighted by molar-refractivity contribution is 0.568. The Labute approximate surface area is 102 Å². The largest absolute Gasteiger partial charge is 0.371 e. The first-order valence-electron chi connectivity index (χ1n) is 5.92. The third-order valence-electron chi connectivity index (χ3n) is 3.26. The molecule has 3 heteroatoms. The van der Waals surface area contributed by atoms with Crippen molar-refractivity contribution in [3.8, 4) is 0 Å². The number of likely N-dealkylation sites (N-methyl/N-ethyl adjacent to an activating group) is 1. The van der Waals surface area contributed by atoms with Gasteiger partial charge in [0.2, 0.25) is 0 Å². The molecule has 0 radical (unpaired) electrons. The van der Waals surface area contributed by atoms with Crippen LogP contribution >= 0.6 is 11.6 Å². The molecule has 2 nitrogen and oxygen atoms in total. The van der Waals surface area contributed by atoms with Crippen LogP contribution < -0.4 is 10.6 Å². The summed E-state index contributed by atoms with van der Waals surface area (Å²) in [6.45, 7) is 6.32. The van der Waals surface area contributed by atoms with Crippen LogP contribution in [0.1, 0.15) is 31.7 Å². The highest BCUT2D eigenvalue weighted by Gasteiger charge is 2.29. The quantitative estimate of drug-likeness (QED) is 0.877. The summed E-state index contributed by atoms with van der Waals surface area (Å²) in [6, 6.07) is 6.39. The van der Waals surface area contributed by atoms with E-state index in [1.165, 1.54) is 11.3 Å². The molecule has 1 heterocycles. The molecule has 0 aliphatic carbocycles. The van der Waals surface area contributed by atoms with Gasteiger partial charge in [0.25, 0.3) is 0 Å². The van der Waals surface area contributed by atoms with Crippen LogP contribution in [-0.2, 0) is 0 Å². The van der Waals surface area contributed by atoms with Gasteiger partial charge in [0.05, 0.1) is 0 Å². The minimum Gasteiger partial charge on any atom is -0.371 e. The predicted octanol–water partition coefficient (Wildman–Crippen LogP) is 3.00. The molecule has 1 aromatic rings. The second kappa shape index (κ2) is 4.64. The van der Waals surface area contributed by atoms with Crippen LogP contribution in [0.25, 0.3) is 0 Å². The Balaban J connectivity index is 2.35. The molecular weight excluding hydrogens is 220 g/mol. The van der Waals surface area contributed by atoms with Gasteiger partial charge < -0.3 is 10.6 Å². The van der Waals surface area contributed by atoms with E-state index in [2.05, 4.69) is 24.8 Å². The van der Waals surface area contributed by atoms with Gasteiger partial charge in [0, 0.05) is 35.8 Å². The van der Waals surface area contributed by atoms with E-state index < -0.39 is 0 Å². The van der Waals surface area contributed by atoms with Crippen molar-refractivity contribution < 1.29 is 0 Å². The number of hydrogen-bond acceptors (Lipinski definition) is 2. The molecule has 0 spiro atoms. The Morgan fingerprint density at radius 3 is 2.94 bits per heavy atom. The first-order valence-corrected chi connectivity index (χ1v) is 6.30. The van der Waals surface area contributed by atoms with Gasteiger partial charge in [-0.3, -0.25) is 0 Å². The van der Waals surface area contributed by atoms with Crippen molar-refractivity contribution >= 4 is 17.3 Å².